The van der Waals surface area contributed by atoms with E-state index in [2.05, 4.69) is 44.2 Å². The van der Waals surface area contributed by atoms with Crippen LogP contribution in [0.4, 0.5) is 0 Å². The van der Waals surface area contributed by atoms with Gasteiger partial charge in [-0.1, -0.05) is 102 Å². The van der Waals surface area contributed by atoms with Gasteiger partial charge < -0.3 is 0 Å². The van der Waals surface area contributed by atoms with Crippen LogP contribution in [-0.4, -0.2) is 0 Å². The van der Waals surface area contributed by atoms with Gasteiger partial charge in [0.2, 0.25) is 0 Å². The zero-order chi connectivity index (χ0) is 20.3. The van der Waals surface area contributed by atoms with Crippen molar-refractivity contribution in [3.8, 4) is 0 Å². The Morgan fingerprint density at radius 1 is 0.690 bits per heavy atom. The van der Waals surface area contributed by atoms with Crippen molar-refractivity contribution in [2.75, 3.05) is 0 Å². The van der Waals surface area contributed by atoms with Gasteiger partial charge in [-0.15, -0.1) is 0 Å². The molecule has 0 radical (unpaired) electrons. The van der Waals surface area contributed by atoms with Gasteiger partial charge in [-0.3, -0.25) is 0 Å². The maximum atomic E-state index is 2.56. The summed E-state index contributed by atoms with van der Waals surface area (Å²) in [5.74, 6) is 2.78. The van der Waals surface area contributed by atoms with Crippen LogP contribution in [0, 0.1) is 11.8 Å². The lowest BCUT2D eigenvalue weighted by Gasteiger charge is -2.29. The summed E-state index contributed by atoms with van der Waals surface area (Å²) in [5, 5.41) is 0. The van der Waals surface area contributed by atoms with E-state index in [9.17, 15) is 0 Å². The van der Waals surface area contributed by atoms with E-state index >= 15 is 0 Å². The summed E-state index contributed by atoms with van der Waals surface area (Å²) in [5.41, 5.74) is 4.71. The van der Waals surface area contributed by atoms with Crippen molar-refractivity contribution in [3.05, 3.63) is 41.5 Å². The van der Waals surface area contributed by atoms with Crippen molar-refractivity contribution in [1.29, 1.82) is 0 Å². The van der Waals surface area contributed by atoms with Gasteiger partial charge in [-0.25, -0.2) is 0 Å². The molecule has 0 spiro atoms. The summed E-state index contributed by atoms with van der Waals surface area (Å²) >= 11 is 0. The third kappa shape index (κ3) is 7.30. The molecule has 3 rings (SSSR count). The molecule has 0 heteroatoms. The Hall–Kier alpha value is -1.04. The molecule has 1 saturated carbocycles. The number of rotatable bonds is 11. The molecular formula is C29H46. The normalized spacial score (nSPS) is 25.0. The highest BCUT2D eigenvalue weighted by Gasteiger charge is 2.22. The van der Waals surface area contributed by atoms with Crippen LogP contribution in [0.2, 0.25) is 0 Å². The summed E-state index contributed by atoms with van der Waals surface area (Å²) in [6.45, 7) is 4.63. The van der Waals surface area contributed by atoms with Crippen molar-refractivity contribution in [3.63, 3.8) is 0 Å². The molecule has 1 fully saturated rings. The zero-order valence-corrected chi connectivity index (χ0v) is 19.4. The largest absolute Gasteiger partial charge is 0.0804 e. The molecule has 2 aliphatic carbocycles. The zero-order valence-electron chi connectivity index (χ0n) is 19.4. The Labute approximate surface area is 181 Å². The summed E-state index contributed by atoms with van der Waals surface area (Å²) in [7, 11) is 0. The summed E-state index contributed by atoms with van der Waals surface area (Å²) in [6.07, 6.45) is 25.1. The third-order valence-corrected chi connectivity index (χ3v) is 7.80. The van der Waals surface area contributed by atoms with Gasteiger partial charge in [0, 0.05) is 0 Å². The molecule has 0 aromatic heterocycles. The maximum absolute atomic E-state index is 2.56. The molecule has 2 aliphatic rings. The van der Waals surface area contributed by atoms with E-state index in [4.69, 9.17) is 0 Å². The molecule has 0 saturated heterocycles. The quantitative estimate of drug-likeness (QED) is 0.328. The predicted molar refractivity (Wildman–Crippen MR) is 129 cm³/mol. The van der Waals surface area contributed by atoms with Crippen molar-refractivity contribution in [1.82, 2.24) is 0 Å². The van der Waals surface area contributed by atoms with E-state index < -0.39 is 0 Å². The van der Waals surface area contributed by atoms with Crippen LogP contribution >= 0.6 is 0 Å². The maximum Gasteiger partial charge on any atom is -0.0162 e. The SMILES string of the molecule is CCCCCCCC1CC=C(c2ccc(C3CCC(CCCC)CC3)cc2)CC1. The smallest absolute Gasteiger partial charge is 0.0162 e. The van der Waals surface area contributed by atoms with Gasteiger partial charge in [0.05, 0.1) is 0 Å². The van der Waals surface area contributed by atoms with Crippen LogP contribution in [0.5, 0.6) is 0 Å². The third-order valence-electron chi connectivity index (χ3n) is 7.80. The predicted octanol–water partition coefficient (Wildman–Crippen LogP) is 9.69. The van der Waals surface area contributed by atoms with Crippen molar-refractivity contribution >= 4 is 5.57 Å². The molecule has 0 N–H and O–H groups in total. The first kappa shape index (κ1) is 22.6. The van der Waals surface area contributed by atoms with Gasteiger partial charge in [0.25, 0.3) is 0 Å². The summed E-state index contributed by atoms with van der Waals surface area (Å²) in [6, 6.07) is 9.75. The second kappa shape index (κ2) is 12.6. The number of unbranched alkanes of at least 4 members (excludes halogenated alkanes) is 5. The minimum atomic E-state index is 0.819. The Balaban J connectivity index is 1.42. The molecule has 0 heterocycles. The average Bonchev–Trinajstić information content (AvgIpc) is 2.78. The van der Waals surface area contributed by atoms with Crippen LogP contribution in [0.3, 0.4) is 0 Å². The van der Waals surface area contributed by atoms with Gasteiger partial charge in [-0.2, -0.15) is 0 Å². The fourth-order valence-corrected chi connectivity index (χ4v) is 5.70. The standard InChI is InChI=1S/C29H46/c1-3-5-7-8-9-11-25-14-18-27(19-15-25)29-22-20-28(21-23-29)26-16-12-24(13-17-26)10-6-4-2/h18,20-26H,3-17,19H2,1-2H3. The Morgan fingerprint density at radius 2 is 1.38 bits per heavy atom. The molecule has 0 aliphatic heterocycles. The first-order valence-electron chi connectivity index (χ1n) is 13.1. The fourth-order valence-electron chi connectivity index (χ4n) is 5.70. The first-order chi connectivity index (χ1) is 14.3. The number of allylic oxidation sites excluding steroid dienone is 2. The summed E-state index contributed by atoms with van der Waals surface area (Å²) < 4.78 is 0. The van der Waals surface area contributed by atoms with Crippen molar-refractivity contribution in [2.24, 2.45) is 11.8 Å². The molecule has 1 aromatic carbocycles. The Bertz CT molecular complexity index is 585. The lowest BCUT2D eigenvalue weighted by atomic mass is 9.76. The van der Waals surface area contributed by atoms with Crippen LogP contribution in [-0.2, 0) is 0 Å². The monoisotopic (exact) mass is 394 g/mol. The molecule has 0 bridgehead atoms. The van der Waals surface area contributed by atoms with Crippen molar-refractivity contribution < 1.29 is 0 Å². The van der Waals surface area contributed by atoms with Gasteiger partial charge in [-0.05, 0) is 79.4 Å². The van der Waals surface area contributed by atoms with Crippen LogP contribution < -0.4 is 0 Å². The van der Waals surface area contributed by atoms with E-state index in [1.54, 1.807) is 11.1 Å². The van der Waals surface area contributed by atoms with Crippen molar-refractivity contribution in [2.45, 2.75) is 122 Å². The molecule has 29 heavy (non-hydrogen) atoms. The lowest BCUT2D eigenvalue weighted by Crippen LogP contribution is -2.13. The van der Waals surface area contributed by atoms with Crippen LogP contribution in [0.25, 0.3) is 5.57 Å². The number of hydrogen-bond donors (Lipinski definition) is 0. The second-order valence-electron chi connectivity index (χ2n) is 10.1. The van der Waals surface area contributed by atoms with E-state index in [1.165, 1.54) is 108 Å². The molecule has 162 valence electrons. The topological polar surface area (TPSA) is 0 Å². The van der Waals surface area contributed by atoms with E-state index in [1.807, 2.05) is 0 Å². The van der Waals surface area contributed by atoms with Crippen LogP contribution in [0.1, 0.15) is 134 Å². The molecule has 1 unspecified atom stereocenters. The van der Waals surface area contributed by atoms with E-state index in [0.717, 1.165) is 17.8 Å². The minimum absolute atomic E-state index is 0.819. The van der Waals surface area contributed by atoms with Gasteiger partial charge in [0.15, 0.2) is 0 Å². The lowest BCUT2D eigenvalue weighted by molar-refractivity contribution is 0.304. The second-order valence-corrected chi connectivity index (χ2v) is 10.1. The molecule has 0 nitrogen and oxygen atoms in total. The summed E-state index contributed by atoms with van der Waals surface area (Å²) in [4.78, 5) is 0. The highest BCUT2D eigenvalue weighted by molar-refractivity contribution is 5.66. The first-order valence-corrected chi connectivity index (χ1v) is 13.1. The Kier molecular flexibility index (Phi) is 9.84. The Morgan fingerprint density at radius 3 is 2.03 bits per heavy atom. The van der Waals surface area contributed by atoms with E-state index in [0.29, 0.717) is 0 Å². The number of benzene rings is 1. The van der Waals surface area contributed by atoms with Gasteiger partial charge in [0.1, 0.15) is 0 Å². The molecule has 0 amide bonds. The molecular weight excluding hydrogens is 348 g/mol. The molecule has 1 atom stereocenters. The van der Waals surface area contributed by atoms with Crippen LogP contribution in [0.15, 0.2) is 30.3 Å². The number of hydrogen-bond acceptors (Lipinski definition) is 0. The minimum Gasteiger partial charge on any atom is -0.0804 e. The van der Waals surface area contributed by atoms with Gasteiger partial charge >= 0.3 is 0 Å². The molecule has 1 aromatic rings. The average molecular weight is 395 g/mol. The highest BCUT2D eigenvalue weighted by atomic mass is 14.3. The van der Waals surface area contributed by atoms with E-state index in [-0.39, 0.29) is 0 Å². The fraction of sp³-hybridized carbons (Fsp3) is 0.724. The highest BCUT2D eigenvalue weighted by Crippen LogP contribution is 2.39.